The molecule has 0 N–H and O–H groups in total. The number of benzene rings is 1. The molecule has 0 unspecified atom stereocenters. The molecule has 0 bridgehead atoms. The Labute approximate surface area is 146 Å². The number of aromatic nitrogens is 3. The number of aryl methyl sites for hydroxylation is 1. The van der Waals surface area contributed by atoms with E-state index in [-0.39, 0.29) is 0 Å². The van der Waals surface area contributed by atoms with Gasteiger partial charge in [-0.25, -0.2) is 9.97 Å². The van der Waals surface area contributed by atoms with Crippen molar-refractivity contribution in [2.75, 3.05) is 0 Å². The Kier molecular flexibility index (Phi) is 4.19. The minimum Gasteiger partial charge on any atom is -0.289 e. The lowest BCUT2D eigenvalue weighted by Gasteiger charge is -2.11. The molecule has 2 aromatic heterocycles. The van der Waals surface area contributed by atoms with Crippen LogP contribution < -0.4 is 0 Å². The van der Waals surface area contributed by atoms with E-state index in [2.05, 4.69) is 32.6 Å². The molecule has 3 aromatic rings. The molecule has 2 heterocycles. The fourth-order valence-corrected chi connectivity index (χ4v) is 2.77. The summed E-state index contributed by atoms with van der Waals surface area (Å²) < 4.78 is 2.82. The van der Waals surface area contributed by atoms with E-state index in [0.717, 1.165) is 26.3 Å². The maximum Gasteiger partial charge on any atom is 0.146 e. The summed E-state index contributed by atoms with van der Waals surface area (Å²) in [6.07, 6.45) is 3.69. The smallest absolute Gasteiger partial charge is 0.146 e. The Morgan fingerprint density at radius 1 is 1.10 bits per heavy atom. The highest BCUT2D eigenvalue weighted by molar-refractivity contribution is 14.1. The van der Waals surface area contributed by atoms with Crippen molar-refractivity contribution in [3.63, 3.8) is 0 Å². The quantitative estimate of drug-likeness (QED) is 0.527. The van der Waals surface area contributed by atoms with Crippen molar-refractivity contribution in [1.82, 2.24) is 14.5 Å². The average Bonchev–Trinajstić information content (AvgIpc) is 2.88. The van der Waals surface area contributed by atoms with Crippen LogP contribution in [0.4, 0.5) is 0 Å². The molecule has 0 atom stereocenters. The third-order valence-electron chi connectivity index (χ3n) is 3.04. The van der Waals surface area contributed by atoms with Crippen molar-refractivity contribution < 1.29 is 0 Å². The zero-order valence-electron chi connectivity index (χ0n) is 11.0. The van der Waals surface area contributed by atoms with Crippen LogP contribution >= 0.6 is 45.8 Å². The van der Waals surface area contributed by atoms with E-state index < -0.39 is 0 Å². The summed E-state index contributed by atoms with van der Waals surface area (Å²) in [5.74, 6) is 0.823. The molecule has 6 heteroatoms. The van der Waals surface area contributed by atoms with E-state index in [0.29, 0.717) is 10.0 Å². The van der Waals surface area contributed by atoms with Crippen molar-refractivity contribution >= 4 is 45.8 Å². The van der Waals surface area contributed by atoms with E-state index in [1.807, 2.05) is 42.0 Å². The first-order valence-electron chi connectivity index (χ1n) is 6.17. The molecule has 0 saturated heterocycles. The highest BCUT2D eigenvalue weighted by Crippen LogP contribution is 2.31. The zero-order chi connectivity index (χ0) is 15.0. The van der Waals surface area contributed by atoms with E-state index in [4.69, 9.17) is 23.2 Å². The molecule has 0 spiro atoms. The number of halogens is 3. The Morgan fingerprint density at radius 2 is 1.90 bits per heavy atom. The summed E-state index contributed by atoms with van der Waals surface area (Å²) in [7, 11) is 0. The summed E-state index contributed by atoms with van der Waals surface area (Å²) in [6, 6.07) is 9.58. The van der Waals surface area contributed by atoms with E-state index in [1.54, 1.807) is 12.4 Å². The molecular formula is C15H10Cl2IN3. The number of nitrogens with zero attached hydrogens (tertiary/aromatic N) is 3. The van der Waals surface area contributed by atoms with Crippen molar-refractivity contribution in [3.8, 4) is 16.9 Å². The van der Waals surface area contributed by atoms with Crippen LogP contribution in [0.5, 0.6) is 0 Å². The minimum absolute atomic E-state index is 0.529. The van der Waals surface area contributed by atoms with E-state index >= 15 is 0 Å². The Balaban J connectivity index is 2.20. The van der Waals surface area contributed by atoms with Crippen LogP contribution in [0, 0.1) is 10.6 Å². The molecule has 0 fully saturated rings. The van der Waals surface area contributed by atoms with Gasteiger partial charge in [0.1, 0.15) is 15.8 Å². The monoisotopic (exact) mass is 429 g/mol. The second kappa shape index (κ2) is 5.94. The Hall–Kier alpha value is -1.11. The molecule has 3 rings (SSSR count). The summed E-state index contributed by atoms with van der Waals surface area (Å²) in [6.45, 7) is 1.96. The number of hydrogen-bond donors (Lipinski definition) is 0. The third kappa shape index (κ3) is 3.07. The van der Waals surface area contributed by atoms with Crippen LogP contribution in [-0.4, -0.2) is 14.5 Å². The van der Waals surface area contributed by atoms with Gasteiger partial charge in [-0.1, -0.05) is 29.3 Å². The topological polar surface area (TPSA) is 30.7 Å². The van der Waals surface area contributed by atoms with E-state index in [1.165, 1.54) is 0 Å². The SMILES string of the molecule is Cc1ccc(-c2ccc(Cl)c(Cl)c2)c(-n2cnc(I)c2)n1. The maximum absolute atomic E-state index is 6.12. The lowest BCUT2D eigenvalue weighted by Crippen LogP contribution is -1.99. The molecule has 106 valence electrons. The van der Waals surface area contributed by atoms with Gasteiger partial charge in [0.05, 0.1) is 10.0 Å². The predicted molar refractivity (Wildman–Crippen MR) is 94.3 cm³/mol. The normalized spacial score (nSPS) is 10.9. The lowest BCUT2D eigenvalue weighted by atomic mass is 10.1. The fourth-order valence-electron chi connectivity index (χ4n) is 2.04. The molecular weight excluding hydrogens is 420 g/mol. The molecule has 21 heavy (non-hydrogen) atoms. The second-order valence-electron chi connectivity index (χ2n) is 4.56. The average molecular weight is 430 g/mol. The van der Waals surface area contributed by atoms with Crippen LogP contribution in [0.1, 0.15) is 5.69 Å². The maximum atomic E-state index is 6.12. The van der Waals surface area contributed by atoms with Gasteiger partial charge in [-0.15, -0.1) is 0 Å². The third-order valence-corrected chi connectivity index (χ3v) is 4.34. The van der Waals surface area contributed by atoms with Crippen LogP contribution in [0.2, 0.25) is 10.0 Å². The highest BCUT2D eigenvalue weighted by Gasteiger charge is 2.11. The summed E-state index contributed by atoms with van der Waals surface area (Å²) in [5, 5.41) is 1.07. The first-order chi connectivity index (χ1) is 10.0. The summed E-state index contributed by atoms with van der Waals surface area (Å²) in [4.78, 5) is 8.88. The van der Waals surface area contributed by atoms with Crippen LogP contribution in [0.25, 0.3) is 16.9 Å². The van der Waals surface area contributed by atoms with Gasteiger partial charge in [0.15, 0.2) is 0 Å². The standard InChI is InChI=1S/C15H10Cl2IN3/c1-9-2-4-11(10-3-5-12(16)13(17)6-10)15(20-9)21-7-14(18)19-8-21/h2-8H,1H3. The van der Waals surface area contributed by atoms with Crippen LogP contribution in [-0.2, 0) is 0 Å². The molecule has 0 radical (unpaired) electrons. The molecule has 0 aliphatic heterocycles. The fraction of sp³-hybridized carbons (Fsp3) is 0.0667. The van der Waals surface area contributed by atoms with Crippen LogP contribution in [0.3, 0.4) is 0 Å². The first kappa shape index (κ1) is 14.8. The van der Waals surface area contributed by atoms with Crippen molar-refractivity contribution in [2.45, 2.75) is 6.92 Å². The lowest BCUT2D eigenvalue weighted by molar-refractivity contribution is 0.978. The number of rotatable bonds is 2. The van der Waals surface area contributed by atoms with E-state index in [9.17, 15) is 0 Å². The number of imidazole rings is 1. The summed E-state index contributed by atoms with van der Waals surface area (Å²) in [5.41, 5.74) is 2.89. The molecule has 0 saturated carbocycles. The van der Waals surface area contributed by atoms with Gasteiger partial charge in [-0.3, -0.25) is 4.57 Å². The zero-order valence-corrected chi connectivity index (χ0v) is 14.7. The van der Waals surface area contributed by atoms with Gasteiger partial charge in [-0.05, 0) is 59.3 Å². The molecule has 3 nitrogen and oxygen atoms in total. The Morgan fingerprint density at radius 3 is 2.57 bits per heavy atom. The highest BCUT2D eigenvalue weighted by atomic mass is 127. The van der Waals surface area contributed by atoms with Gasteiger partial charge in [0.25, 0.3) is 0 Å². The Bertz CT molecular complexity index is 814. The molecule has 1 aromatic carbocycles. The number of hydrogen-bond acceptors (Lipinski definition) is 2. The van der Waals surface area contributed by atoms with Gasteiger partial charge in [0.2, 0.25) is 0 Å². The van der Waals surface area contributed by atoms with Gasteiger partial charge in [0, 0.05) is 17.5 Å². The molecule has 0 aliphatic carbocycles. The van der Waals surface area contributed by atoms with Crippen LogP contribution in [0.15, 0.2) is 42.9 Å². The predicted octanol–water partition coefficient (Wildman–Crippen LogP) is 5.15. The summed E-state index contributed by atoms with van der Waals surface area (Å²) >= 11 is 14.3. The second-order valence-corrected chi connectivity index (χ2v) is 6.48. The molecule has 0 aliphatic rings. The van der Waals surface area contributed by atoms with Crippen molar-refractivity contribution in [2.24, 2.45) is 0 Å². The van der Waals surface area contributed by atoms with Gasteiger partial charge < -0.3 is 0 Å². The molecule has 0 amide bonds. The number of pyridine rings is 1. The first-order valence-corrected chi connectivity index (χ1v) is 8.01. The van der Waals surface area contributed by atoms with Gasteiger partial charge >= 0.3 is 0 Å². The largest absolute Gasteiger partial charge is 0.289 e. The van der Waals surface area contributed by atoms with Crippen molar-refractivity contribution in [1.29, 1.82) is 0 Å². The minimum atomic E-state index is 0.529. The van der Waals surface area contributed by atoms with Gasteiger partial charge in [-0.2, -0.15) is 0 Å². The van der Waals surface area contributed by atoms with Crippen molar-refractivity contribution in [3.05, 3.63) is 62.3 Å².